The molecule has 0 radical (unpaired) electrons. The highest BCUT2D eigenvalue weighted by atomic mass is 16.4. The van der Waals surface area contributed by atoms with Gasteiger partial charge in [-0.25, -0.2) is 0 Å². The van der Waals surface area contributed by atoms with Crippen molar-refractivity contribution in [2.24, 2.45) is 5.92 Å². The van der Waals surface area contributed by atoms with Crippen molar-refractivity contribution in [1.29, 1.82) is 0 Å². The Morgan fingerprint density at radius 3 is 2.68 bits per heavy atom. The summed E-state index contributed by atoms with van der Waals surface area (Å²) in [6, 6.07) is 7.57. The van der Waals surface area contributed by atoms with Gasteiger partial charge < -0.3 is 15.4 Å². The zero-order chi connectivity index (χ0) is 14.0. The van der Waals surface area contributed by atoms with Gasteiger partial charge in [0.15, 0.2) is 0 Å². The number of anilines is 1. The largest absolute Gasteiger partial charge is 0.481 e. The number of H-pyrrole nitrogens is 1. The summed E-state index contributed by atoms with van der Waals surface area (Å²) in [4.78, 5) is 26.1. The van der Waals surface area contributed by atoms with Crippen molar-refractivity contribution in [2.45, 2.75) is 20.3 Å². The summed E-state index contributed by atoms with van der Waals surface area (Å²) in [6.45, 7) is 3.53. The molecule has 1 unspecified atom stereocenters. The Morgan fingerprint density at radius 2 is 2.05 bits per heavy atom. The highest BCUT2D eigenvalue weighted by molar-refractivity contribution is 6.09. The molecule has 0 bridgehead atoms. The minimum Gasteiger partial charge on any atom is -0.481 e. The summed E-state index contributed by atoms with van der Waals surface area (Å²) in [5, 5.41) is 12.6. The SMILES string of the molecule is CCC(C(=O)O)C(=O)Nc1c(C)[nH]c2ccccc12. The van der Waals surface area contributed by atoms with E-state index in [0.29, 0.717) is 5.69 Å². The average Bonchev–Trinajstić information content (AvgIpc) is 2.66. The Balaban J connectivity index is 2.33. The fourth-order valence-corrected chi connectivity index (χ4v) is 2.12. The first-order chi connectivity index (χ1) is 9.04. The number of carbonyl (C=O) groups excluding carboxylic acids is 1. The molecule has 0 saturated heterocycles. The molecule has 5 heteroatoms. The van der Waals surface area contributed by atoms with Crippen LogP contribution in [0, 0.1) is 12.8 Å². The van der Waals surface area contributed by atoms with E-state index in [-0.39, 0.29) is 6.42 Å². The standard InChI is InChI=1S/C14H16N2O3/c1-3-9(14(18)19)13(17)16-12-8(2)15-11-7-5-4-6-10(11)12/h4-7,9,15H,3H2,1-2H3,(H,16,17)(H,18,19). The number of benzene rings is 1. The van der Waals surface area contributed by atoms with Gasteiger partial charge in [0.1, 0.15) is 5.92 Å². The Labute approximate surface area is 110 Å². The summed E-state index contributed by atoms with van der Waals surface area (Å²) >= 11 is 0. The van der Waals surface area contributed by atoms with Gasteiger partial charge in [0.2, 0.25) is 5.91 Å². The third-order valence-corrected chi connectivity index (χ3v) is 3.16. The first-order valence-electron chi connectivity index (χ1n) is 6.15. The fraction of sp³-hybridized carbons (Fsp3) is 0.286. The number of carbonyl (C=O) groups is 2. The number of para-hydroxylation sites is 1. The Hall–Kier alpha value is -2.30. The van der Waals surface area contributed by atoms with E-state index in [1.54, 1.807) is 6.92 Å². The van der Waals surface area contributed by atoms with Gasteiger partial charge in [-0.3, -0.25) is 9.59 Å². The van der Waals surface area contributed by atoms with Crippen LogP contribution in [-0.2, 0) is 9.59 Å². The van der Waals surface area contributed by atoms with Gasteiger partial charge in [0.25, 0.3) is 0 Å². The van der Waals surface area contributed by atoms with Crippen LogP contribution < -0.4 is 5.32 Å². The number of hydrogen-bond acceptors (Lipinski definition) is 2. The first kappa shape index (κ1) is 13.1. The van der Waals surface area contributed by atoms with Crippen LogP contribution in [0.3, 0.4) is 0 Å². The summed E-state index contributed by atoms with van der Waals surface area (Å²) in [7, 11) is 0. The lowest BCUT2D eigenvalue weighted by molar-refractivity contribution is -0.145. The molecule has 0 fully saturated rings. The molecule has 0 spiro atoms. The van der Waals surface area contributed by atoms with Crippen LogP contribution in [0.2, 0.25) is 0 Å². The van der Waals surface area contributed by atoms with Gasteiger partial charge in [-0.05, 0) is 19.4 Å². The van der Waals surface area contributed by atoms with Crippen molar-refractivity contribution in [3.05, 3.63) is 30.0 Å². The van der Waals surface area contributed by atoms with E-state index in [2.05, 4.69) is 10.3 Å². The molecule has 5 nitrogen and oxygen atoms in total. The van der Waals surface area contributed by atoms with Gasteiger partial charge in [0.05, 0.1) is 5.69 Å². The van der Waals surface area contributed by atoms with Crippen molar-refractivity contribution in [3.8, 4) is 0 Å². The third kappa shape index (κ3) is 2.45. The Morgan fingerprint density at radius 1 is 1.37 bits per heavy atom. The van der Waals surface area contributed by atoms with E-state index < -0.39 is 17.8 Å². The third-order valence-electron chi connectivity index (χ3n) is 3.16. The molecular formula is C14H16N2O3. The van der Waals surface area contributed by atoms with Crippen LogP contribution in [0.15, 0.2) is 24.3 Å². The molecule has 0 aliphatic heterocycles. The number of fused-ring (bicyclic) bond motifs is 1. The van der Waals surface area contributed by atoms with Gasteiger partial charge in [-0.2, -0.15) is 0 Å². The molecule has 19 heavy (non-hydrogen) atoms. The molecule has 100 valence electrons. The molecule has 0 aliphatic rings. The quantitative estimate of drug-likeness (QED) is 0.739. The highest BCUT2D eigenvalue weighted by Gasteiger charge is 2.25. The van der Waals surface area contributed by atoms with E-state index >= 15 is 0 Å². The van der Waals surface area contributed by atoms with Crippen LogP contribution in [0.5, 0.6) is 0 Å². The lowest BCUT2D eigenvalue weighted by atomic mass is 10.1. The Kier molecular flexibility index (Phi) is 3.55. The number of aromatic nitrogens is 1. The lowest BCUT2D eigenvalue weighted by Gasteiger charge is -2.10. The second-order valence-electron chi connectivity index (χ2n) is 4.46. The number of amides is 1. The highest BCUT2D eigenvalue weighted by Crippen LogP contribution is 2.27. The van der Waals surface area contributed by atoms with Crippen molar-refractivity contribution >= 4 is 28.5 Å². The van der Waals surface area contributed by atoms with Crippen LogP contribution in [0.25, 0.3) is 10.9 Å². The normalized spacial score (nSPS) is 12.3. The van der Waals surface area contributed by atoms with Gasteiger partial charge >= 0.3 is 5.97 Å². The zero-order valence-electron chi connectivity index (χ0n) is 10.9. The summed E-state index contributed by atoms with van der Waals surface area (Å²) in [6.07, 6.45) is 0.266. The summed E-state index contributed by atoms with van der Waals surface area (Å²) in [5.41, 5.74) is 2.38. The van der Waals surface area contributed by atoms with E-state index in [9.17, 15) is 9.59 Å². The van der Waals surface area contributed by atoms with Crippen molar-refractivity contribution < 1.29 is 14.7 Å². The van der Waals surface area contributed by atoms with Gasteiger partial charge in [-0.1, -0.05) is 25.1 Å². The number of rotatable bonds is 4. The van der Waals surface area contributed by atoms with Crippen LogP contribution in [0.1, 0.15) is 19.0 Å². The molecule has 3 N–H and O–H groups in total. The maximum absolute atomic E-state index is 12.0. The summed E-state index contributed by atoms with van der Waals surface area (Å²) < 4.78 is 0. The zero-order valence-corrected chi connectivity index (χ0v) is 10.9. The number of nitrogens with one attached hydrogen (secondary N) is 2. The van der Waals surface area contributed by atoms with Crippen molar-refractivity contribution in [2.75, 3.05) is 5.32 Å². The number of carboxylic acid groups (broad SMARTS) is 1. The van der Waals surface area contributed by atoms with Crippen molar-refractivity contribution in [1.82, 2.24) is 4.98 Å². The van der Waals surface area contributed by atoms with E-state index in [0.717, 1.165) is 16.6 Å². The van der Waals surface area contributed by atoms with Crippen LogP contribution in [0.4, 0.5) is 5.69 Å². The molecule has 2 aromatic rings. The predicted molar refractivity (Wildman–Crippen MR) is 73.1 cm³/mol. The topological polar surface area (TPSA) is 82.2 Å². The van der Waals surface area contributed by atoms with Crippen LogP contribution in [-0.4, -0.2) is 22.0 Å². The number of aliphatic carboxylic acids is 1. The number of hydrogen-bond donors (Lipinski definition) is 3. The second kappa shape index (κ2) is 5.14. The predicted octanol–water partition coefficient (Wildman–Crippen LogP) is 2.53. The number of aryl methyl sites for hydroxylation is 1. The Bertz CT molecular complexity index is 631. The minimum absolute atomic E-state index is 0.266. The molecule has 1 aromatic heterocycles. The fourth-order valence-electron chi connectivity index (χ4n) is 2.12. The smallest absolute Gasteiger partial charge is 0.316 e. The van der Waals surface area contributed by atoms with Crippen molar-refractivity contribution in [3.63, 3.8) is 0 Å². The first-order valence-corrected chi connectivity index (χ1v) is 6.15. The number of carboxylic acids is 1. The molecule has 1 amide bonds. The monoisotopic (exact) mass is 260 g/mol. The minimum atomic E-state index is -1.10. The molecule has 2 rings (SSSR count). The van der Waals surface area contributed by atoms with Gasteiger partial charge in [0, 0.05) is 16.6 Å². The van der Waals surface area contributed by atoms with Crippen LogP contribution >= 0.6 is 0 Å². The molecule has 0 saturated carbocycles. The number of aromatic amines is 1. The average molecular weight is 260 g/mol. The lowest BCUT2D eigenvalue weighted by Crippen LogP contribution is -2.29. The second-order valence-corrected chi connectivity index (χ2v) is 4.46. The van der Waals surface area contributed by atoms with Gasteiger partial charge in [-0.15, -0.1) is 0 Å². The summed E-state index contributed by atoms with van der Waals surface area (Å²) in [5.74, 6) is -2.60. The van der Waals surface area contributed by atoms with E-state index in [1.807, 2.05) is 31.2 Å². The molecule has 1 atom stereocenters. The molecule has 1 aromatic carbocycles. The maximum Gasteiger partial charge on any atom is 0.316 e. The molecule has 0 aliphatic carbocycles. The van der Waals surface area contributed by atoms with E-state index in [4.69, 9.17) is 5.11 Å². The van der Waals surface area contributed by atoms with E-state index in [1.165, 1.54) is 0 Å². The molecule has 1 heterocycles. The molecular weight excluding hydrogens is 244 g/mol. The maximum atomic E-state index is 12.0.